The molecule has 0 N–H and O–H groups in total. The summed E-state index contributed by atoms with van der Waals surface area (Å²) in [5, 5.41) is 1.00. The molecule has 0 radical (unpaired) electrons. The first-order valence-corrected chi connectivity index (χ1v) is 6.83. The number of hydrogen-bond donors (Lipinski definition) is 0. The highest BCUT2D eigenvalue weighted by atomic mass is 16.5. The number of hydrogen-bond acceptors (Lipinski definition) is 3. The monoisotopic (exact) mass is 260 g/mol. The van der Waals surface area contributed by atoms with Gasteiger partial charge in [0.05, 0.1) is 7.11 Å². The number of ether oxygens (including phenoxy) is 1. The Morgan fingerprint density at radius 1 is 1.11 bits per heavy atom. The van der Waals surface area contributed by atoms with Gasteiger partial charge in [-0.1, -0.05) is 26.7 Å². The molecule has 0 bridgehead atoms. The maximum absolute atomic E-state index is 12.1. The van der Waals surface area contributed by atoms with E-state index in [4.69, 9.17) is 9.15 Å². The van der Waals surface area contributed by atoms with Crippen LogP contribution in [0.25, 0.3) is 11.0 Å². The van der Waals surface area contributed by atoms with Crippen LogP contribution >= 0.6 is 0 Å². The normalized spacial score (nSPS) is 10.9. The molecular formula is C16H20O3. The molecule has 0 spiro atoms. The Labute approximate surface area is 113 Å². The molecule has 2 aromatic rings. The van der Waals surface area contributed by atoms with Crippen LogP contribution < -0.4 is 10.4 Å². The van der Waals surface area contributed by atoms with Crippen LogP contribution in [0.1, 0.15) is 37.8 Å². The maximum atomic E-state index is 12.1. The van der Waals surface area contributed by atoms with E-state index in [9.17, 15) is 4.79 Å². The Kier molecular flexibility index (Phi) is 4.25. The van der Waals surface area contributed by atoms with Crippen molar-refractivity contribution in [1.29, 1.82) is 0 Å². The van der Waals surface area contributed by atoms with E-state index in [0.29, 0.717) is 5.58 Å². The average Bonchev–Trinajstić information content (AvgIpc) is 2.42. The summed E-state index contributed by atoms with van der Waals surface area (Å²) in [5.41, 5.74) is 2.40. The fraction of sp³-hybridized carbons (Fsp3) is 0.438. The zero-order valence-corrected chi connectivity index (χ0v) is 11.8. The minimum atomic E-state index is -0.192. The molecule has 0 aliphatic heterocycles. The largest absolute Gasteiger partial charge is 0.497 e. The van der Waals surface area contributed by atoms with Crippen LogP contribution in [-0.4, -0.2) is 7.11 Å². The standard InChI is InChI=1S/C16H20O3/c1-4-6-12-13(7-5-2)16(17)19-15-9-8-11(18-3)10-14(12)15/h8-10H,4-7H2,1-3H3. The fourth-order valence-electron chi connectivity index (χ4n) is 2.45. The maximum Gasteiger partial charge on any atom is 0.339 e. The third kappa shape index (κ3) is 2.65. The minimum Gasteiger partial charge on any atom is -0.497 e. The molecule has 3 heteroatoms. The first kappa shape index (κ1) is 13.7. The van der Waals surface area contributed by atoms with Crippen molar-refractivity contribution in [2.45, 2.75) is 39.5 Å². The lowest BCUT2D eigenvalue weighted by Gasteiger charge is -2.11. The molecule has 0 aliphatic rings. The molecule has 0 fully saturated rings. The zero-order valence-electron chi connectivity index (χ0n) is 11.8. The van der Waals surface area contributed by atoms with Crippen LogP contribution in [0, 0.1) is 0 Å². The number of fused-ring (bicyclic) bond motifs is 1. The quantitative estimate of drug-likeness (QED) is 0.769. The van der Waals surface area contributed by atoms with Gasteiger partial charge in [-0.2, -0.15) is 0 Å². The molecule has 102 valence electrons. The fourth-order valence-corrected chi connectivity index (χ4v) is 2.45. The molecule has 19 heavy (non-hydrogen) atoms. The Balaban J connectivity index is 2.75. The van der Waals surface area contributed by atoms with E-state index >= 15 is 0 Å². The van der Waals surface area contributed by atoms with Crippen molar-refractivity contribution in [3.05, 3.63) is 39.7 Å². The van der Waals surface area contributed by atoms with Gasteiger partial charge in [0.25, 0.3) is 0 Å². The number of aryl methyl sites for hydroxylation is 1. The van der Waals surface area contributed by atoms with Gasteiger partial charge in [0.15, 0.2) is 0 Å². The van der Waals surface area contributed by atoms with E-state index in [-0.39, 0.29) is 5.63 Å². The molecule has 3 nitrogen and oxygen atoms in total. The van der Waals surface area contributed by atoms with E-state index in [0.717, 1.165) is 47.9 Å². The second kappa shape index (κ2) is 5.91. The highest BCUT2D eigenvalue weighted by molar-refractivity contribution is 5.82. The average molecular weight is 260 g/mol. The summed E-state index contributed by atoms with van der Waals surface area (Å²) in [6, 6.07) is 5.59. The second-order valence-electron chi connectivity index (χ2n) is 4.71. The van der Waals surface area contributed by atoms with Gasteiger partial charge in [0.1, 0.15) is 11.3 Å². The number of rotatable bonds is 5. The van der Waals surface area contributed by atoms with Crippen molar-refractivity contribution in [1.82, 2.24) is 0 Å². The van der Waals surface area contributed by atoms with E-state index in [1.165, 1.54) is 0 Å². The Morgan fingerprint density at radius 2 is 1.79 bits per heavy atom. The number of methoxy groups -OCH3 is 1. The van der Waals surface area contributed by atoms with Gasteiger partial charge < -0.3 is 9.15 Å². The third-order valence-corrected chi connectivity index (χ3v) is 3.33. The summed E-state index contributed by atoms with van der Waals surface area (Å²) in [7, 11) is 1.65. The Hall–Kier alpha value is -1.77. The predicted molar refractivity (Wildman–Crippen MR) is 77.0 cm³/mol. The highest BCUT2D eigenvalue weighted by Crippen LogP contribution is 2.26. The summed E-state index contributed by atoms with van der Waals surface area (Å²) in [6.45, 7) is 4.20. The van der Waals surface area contributed by atoms with Gasteiger partial charge in [0.2, 0.25) is 0 Å². The molecule has 1 aromatic carbocycles. The Morgan fingerprint density at radius 3 is 2.42 bits per heavy atom. The van der Waals surface area contributed by atoms with Crippen molar-refractivity contribution >= 4 is 11.0 Å². The summed E-state index contributed by atoms with van der Waals surface area (Å²) < 4.78 is 10.7. The molecule has 0 saturated heterocycles. The van der Waals surface area contributed by atoms with Gasteiger partial charge in [-0.25, -0.2) is 4.79 Å². The van der Waals surface area contributed by atoms with E-state index < -0.39 is 0 Å². The van der Waals surface area contributed by atoms with Crippen molar-refractivity contribution in [3.8, 4) is 5.75 Å². The van der Waals surface area contributed by atoms with Crippen molar-refractivity contribution in [3.63, 3.8) is 0 Å². The van der Waals surface area contributed by atoms with Crippen LogP contribution in [0.2, 0.25) is 0 Å². The first-order chi connectivity index (χ1) is 9.21. The van der Waals surface area contributed by atoms with Gasteiger partial charge in [0, 0.05) is 10.9 Å². The molecular weight excluding hydrogens is 240 g/mol. The molecule has 1 heterocycles. The molecule has 1 aromatic heterocycles. The van der Waals surface area contributed by atoms with E-state index in [2.05, 4.69) is 13.8 Å². The smallest absolute Gasteiger partial charge is 0.339 e. The first-order valence-electron chi connectivity index (χ1n) is 6.83. The van der Waals surface area contributed by atoms with Crippen molar-refractivity contribution in [2.24, 2.45) is 0 Å². The van der Waals surface area contributed by atoms with Gasteiger partial charge in [-0.05, 0) is 36.6 Å². The lowest BCUT2D eigenvalue weighted by Crippen LogP contribution is -2.12. The summed E-state index contributed by atoms with van der Waals surface area (Å²) in [6.07, 6.45) is 3.61. The Bertz CT molecular complexity index is 626. The van der Waals surface area contributed by atoms with Crippen LogP contribution in [0.4, 0.5) is 0 Å². The SMILES string of the molecule is CCCc1c(CCC)c2cc(OC)ccc2oc1=O. The molecule has 2 rings (SSSR count). The predicted octanol–water partition coefficient (Wildman–Crippen LogP) is 3.71. The van der Waals surface area contributed by atoms with Crippen molar-refractivity contribution in [2.75, 3.05) is 7.11 Å². The number of benzene rings is 1. The second-order valence-corrected chi connectivity index (χ2v) is 4.71. The summed E-state index contributed by atoms with van der Waals surface area (Å²) in [5.74, 6) is 0.793. The van der Waals surface area contributed by atoms with Crippen LogP contribution in [0.15, 0.2) is 27.4 Å². The lowest BCUT2D eigenvalue weighted by atomic mass is 9.97. The highest BCUT2D eigenvalue weighted by Gasteiger charge is 2.13. The molecule has 0 atom stereocenters. The topological polar surface area (TPSA) is 39.4 Å². The summed E-state index contributed by atoms with van der Waals surface area (Å²) in [4.78, 5) is 12.1. The van der Waals surface area contributed by atoms with Gasteiger partial charge >= 0.3 is 5.63 Å². The van der Waals surface area contributed by atoms with Crippen LogP contribution in [0.5, 0.6) is 5.75 Å². The summed E-state index contributed by atoms with van der Waals surface area (Å²) >= 11 is 0. The zero-order chi connectivity index (χ0) is 13.8. The van der Waals surface area contributed by atoms with Crippen LogP contribution in [-0.2, 0) is 12.8 Å². The minimum absolute atomic E-state index is 0.192. The van der Waals surface area contributed by atoms with E-state index in [1.807, 2.05) is 18.2 Å². The van der Waals surface area contributed by atoms with Crippen LogP contribution in [0.3, 0.4) is 0 Å². The molecule has 0 unspecified atom stereocenters. The third-order valence-electron chi connectivity index (χ3n) is 3.33. The molecule has 0 aliphatic carbocycles. The lowest BCUT2D eigenvalue weighted by molar-refractivity contribution is 0.415. The van der Waals surface area contributed by atoms with Crippen molar-refractivity contribution < 1.29 is 9.15 Å². The molecule has 0 saturated carbocycles. The van der Waals surface area contributed by atoms with E-state index in [1.54, 1.807) is 7.11 Å². The molecule has 0 amide bonds. The van der Waals surface area contributed by atoms with Gasteiger partial charge in [-0.15, -0.1) is 0 Å². The van der Waals surface area contributed by atoms with Gasteiger partial charge in [-0.3, -0.25) is 0 Å².